The van der Waals surface area contributed by atoms with Crippen LogP contribution in [0.1, 0.15) is 18.4 Å². The highest BCUT2D eigenvalue weighted by atomic mass is 15.1. The second-order valence-electron chi connectivity index (χ2n) is 3.48. The first kappa shape index (κ1) is 9.09. The van der Waals surface area contributed by atoms with Gasteiger partial charge in [-0.3, -0.25) is 0 Å². The number of rotatable bonds is 2. The summed E-state index contributed by atoms with van der Waals surface area (Å²) in [6, 6.07) is 6.17. The molecule has 0 fully saturated rings. The van der Waals surface area contributed by atoms with Crippen LogP contribution in [0.15, 0.2) is 30.6 Å². The molecule has 0 radical (unpaired) electrons. The smallest absolute Gasteiger partial charge is 0.0577 e. The Labute approximate surface area is 83.0 Å². The SMILES string of the molecule is CC(CN)c1cccc2cnncc12. The number of hydrogen-bond donors (Lipinski definition) is 1. The highest BCUT2D eigenvalue weighted by molar-refractivity contribution is 5.84. The van der Waals surface area contributed by atoms with E-state index in [1.165, 1.54) is 5.56 Å². The Morgan fingerprint density at radius 2 is 2.07 bits per heavy atom. The molecule has 0 amide bonds. The van der Waals surface area contributed by atoms with Crippen LogP contribution in [0.3, 0.4) is 0 Å². The van der Waals surface area contributed by atoms with Crippen molar-refractivity contribution in [2.45, 2.75) is 12.8 Å². The summed E-state index contributed by atoms with van der Waals surface area (Å²) in [5.41, 5.74) is 6.91. The molecule has 3 heteroatoms. The Balaban J connectivity index is 2.65. The van der Waals surface area contributed by atoms with E-state index < -0.39 is 0 Å². The van der Waals surface area contributed by atoms with Crippen molar-refractivity contribution in [3.8, 4) is 0 Å². The second kappa shape index (κ2) is 3.72. The summed E-state index contributed by atoms with van der Waals surface area (Å²) in [6.07, 6.45) is 3.58. The number of fused-ring (bicyclic) bond motifs is 1. The minimum Gasteiger partial charge on any atom is -0.330 e. The molecule has 0 bridgehead atoms. The maximum Gasteiger partial charge on any atom is 0.0577 e. The van der Waals surface area contributed by atoms with Crippen LogP contribution in [0.25, 0.3) is 10.8 Å². The summed E-state index contributed by atoms with van der Waals surface area (Å²) in [5.74, 6) is 0.364. The molecule has 1 aromatic carbocycles. The lowest BCUT2D eigenvalue weighted by Crippen LogP contribution is -2.09. The zero-order valence-electron chi connectivity index (χ0n) is 8.14. The van der Waals surface area contributed by atoms with E-state index in [1.807, 2.05) is 12.1 Å². The van der Waals surface area contributed by atoms with Gasteiger partial charge in [-0.2, -0.15) is 10.2 Å². The van der Waals surface area contributed by atoms with E-state index in [0.29, 0.717) is 12.5 Å². The molecule has 72 valence electrons. The van der Waals surface area contributed by atoms with Gasteiger partial charge < -0.3 is 5.73 Å². The molecule has 14 heavy (non-hydrogen) atoms. The molecular formula is C11H13N3. The van der Waals surface area contributed by atoms with Crippen molar-refractivity contribution in [3.05, 3.63) is 36.2 Å². The molecule has 3 nitrogen and oxygen atoms in total. The van der Waals surface area contributed by atoms with Gasteiger partial charge in [0.15, 0.2) is 0 Å². The van der Waals surface area contributed by atoms with E-state index in [2.05, 4.69) is 23.2 Å². The number of nitrogens with two attached hydrogens (primary N) is 1. The molecule has 0 aliphatic carbocycles. The van der Waals surface area contributed by atoms with E-state index in [1.54, 1.807) is 12.4 Å². The Hall–Kier alpha value is -1.48. The van der Waals surface area contributed by atoms with Gasteiger partial charge >= 0.3 is 0 Å². The predicted octanol–water partition coefficient (Wildman–Crippen LogP) is 1.69. The van der Waals surface area contributed by atoms with Crippen molar-refractivity contribution in [1.82, 2.24) is 10.2 Å². The lowest BCUT2D eigenvalue weighted by molar-refractivity contribution is 0.780. The summed E-state index contributed by atoms with van der Waals surface area (Å²) >= 11 is 0. The Kier molecular flexibility index (Phi) is 2.41. The van der Waals surface area contributed by atoms with Gasteiger partial charge in [-0.1, -0.05) is 25.1 Å². The lowest BCUT2D eigenvalue weighted by Gasteiger charge is -2.11. The highest BCUT2D eigenvalue weighted by Crippen LogP contribution is 2.23. The highest BCUT2D eigenvalue weighted by Gasteiger charge is 2.07. The second-order valence-corrected chi connectivity index (χ2v) is 3.48. The topological polar surface area (TPSA) is 51.8 Å². The van der Waals surface area contributed by atoms with Gasteiger partial charge in [0.2, 0.25) is 0 Å². The molecule has 1 atom stereocenters. The molecule has 1 unspecified atom stereocenters. The third-order valence-corrected chi connectivity index (χ3v) is 2.51. The number of hydrogen-bond acceptors (Lipinski definition) is 3. The van der Waals surface area contributed by atoms with Crippen LogP contribution in [0, 0.1) is 0 Å². The van der Waals surface area contributed by atoms with E-state index in [-0.39, 0.29) is 0 Å². The van der Waals surface area contributed by atoms with Crippen LogP contribution < -0.4 is 5.73 Å². The van der Waals surface area contributed by atoms with Gasteiger partial charge in [-0.15, -0.1) is 0 Å². The molecular weight excluding hydrogens is 174 g/mol. The summed E-state index contributed by atoms with van der Waals surface area (Å²) in [4.78, 5) is 0. The molecule has 2 N–H and O–H groups in total. The predicted molar refractivity (Wildman–Crippen MR) is 57.0 cm³/mol. The normalized spacial score (nSPS) is 13.0. The van der Waals surface area contributed by atoms with Crippen molar-refractivity contribution in [1.29, 1.82) is 0 Å². The molecule has 2 aromatic rings. The average molecular weight is 187 g/mol. The Morgan fingerprint density at radius 1 is 1.29 bits per heavy atom. The van der Waals surface area contributed by atoms with Crippen molar-refractivity contribution >= 4 is 10.8 Å². The first-order chi connectivity index (χ1) is 6.83. The molecule has 0 saturated carbocycles. The molecule has 1 heterocycles. The largest absolute Gasteiger partial charge is 0.330 e. The van der Waals surface area contributed by atoms with E-state index >= 15 is 0 Å². The van der Waals surface area contributed by atoms with Crippen molar-refractivity contribution in [2.24, 2.45) is 5.73 Å². The molecule has 0 aliphatic heterocycles. The zero-order chi connectivity index (χ0) is 9.97. The molecule has 1 aromatic heterocycles. The number of nitrogens with zero attached hydrogens (tertiary/aromatic N) is 2. The van der Waals surface area contributed by atoms with Crippen LogP contribution in [-0.4, -0.2) is 16.7 Å². The monoisotopic (exact) mass is 187 g/mol. The lowest BCUT2D eigenvalue weighted by atomic mass is 9.97. The first-order valence-electron chi connectivity index (χ1n) is 4.72. The van der Waals surface area contributed by atoms with Crippen LogP contribution >= 0.6 is 0 Å². The van der Waals surface area contributed by atoms with Crippen molar-refractivity contribution < 1.29 is 0 Å². The van der Waals surface area contributed by atoms with Crippen molar-refractivity contribution in [3.63, 3.8) is 0 Å². The van der Waals surface area contributed by atoms with Gasteiger partial charge in [-0.05, 0) is 18.0 Å². The number of aromatic nitrogens is 2. The van der Waals surface area contributed by atoms with Gasteiger partial charge in [0.25, 0.3) is 0 Å². The van der Waals surface area contributed by atoms with Gasteiger partial charge in [0.05, 0.1) is 12.4 Å². The standard InChI is InChI=1S/C11H13N3/c1-8(5-12)10-4-2-3-9-6-13-14-7-11(9)10/h2-4,6-8H,5,12H2,1H3. The number of benzene rings is 1. The minimum atomic E-state index is 0.364. The Morgan fingerprint density at radius 3 is 2.86 bits per heavy atom. The van der Waals surface area contributed by atoms with Gasteiger partial charge in [-0.25, -0.2) is 0 Å². The van der Waals surface area contributed by atoms with Crippen LogP contribution in [0.4, 0.5) is 0 Å². The minimum absolute atomic E-state index is 0.364. The molecule has 0 saturated heterocycles. The summed E-state index contributed by atoms with van der Waals surface area (Å²) < 4.78 is 0. The van der Waals surface area contributed by atoms with Crippen molar-refractivity contribution in [2.75, 3.05) is 6.54 Å². The molecule has 2 rings (SSSR count). The quantitative estimate of drug-likeness (QED) is 0.778. The van der Waals surface area contributed by atoms with Gasteiger partial charge in [0.1, 0.15) is 0 Å². The van der Waals surface area contributed by atoms with Gasteiger partial charge in [0, 0.05) is 10.8 Å². The fourth-order valence-electron chi connectivity index (χ4n) is 1.61. The zero-order valence-corrected chi connectivity index (χ0v) is 8.14. The van der Waals surface area contributed by atoms with Crippen LogP contribution in [-0.2, 0) is 0 Å². The third-order valence-electron chi connectivity index (χ3n) is 2.51. The Bertz CT molecular complexity index is 434. The van der Waals surface area contributed by atoms with Crippen LogP contribution in [0.5, 0.6) is 0 Å². The maximum absolute atomic E-state index is 5.66. The van der Waals surface area contributed by atoms with E-state index in [9.17, 15) is 0 Å². The fraction of sp³-hybridized carbons (Fsp3) is 0.273. The van der Waals surface area contributed by atoms with E-state index in [0.717, 1.165) is 10.8 Å². The summed E-state index contributed by atoms with van der Waals surface area (Å²) in [6.45, 7) is 2.77. The maximum atomic E-state index is 5.66. The fourth-order valence-corrected chi connectivity index (χ4v) is 1.61. The molecule has 0 spiro atoms. The molecule has 0 aliphatic rings. The average Bonchev–Trinajstić information content (AvgIpc) is 2.27. The first-order valence-corrected chi connectivity index (χ1v) is 4.72. The van der Waals surface area contributed by atoms with E-state index in [4.69, 9.17) is 5.73 Å². The van der Waals surface area contributed by atoms with Crippen LogP contribution in [0.2, 0.25) is 0 Å². The summed E-state index contributed by atoms with van der Waals surface area (Å²) in [5, 5.41) is 10.0. The third kappa shape index (κ3) is 1.46. The summed E-state index contributed by atoms with van der Waals surface area (Å²) in [7, 11) is 0.